The zero-order chi connectivity index (χ0) is 9.78. The molecule has 4 nitrogen and oxygen atoms in total. The normalized spacial score (nSPS) is 10.2. The molecule has 13 heavy (non-hydrogen) atoms. The summed E-state index contributed by atoms with van der Waals surface area (Å²) in [4.78, 5) is 3.72. The van der Waals surface area contributed by atoms with Crippen LogP contribution in [0.15, 0.2) is 4.99 Å². The number of nitrogens with zero attached hydrogens (tertiary/aromatic N) is 1. The van der Waals surface area contributed by atoms with Crippen LogP contribution >= 0.6 is 0 Å². The summed E-state index contributed by atoms with van der Waals surface area (Å²) >= 11 is 0. The Bertz CT molecular complexity index is 110. The lowest BCUT2D eigenvalue weighted by atomic mass is 10.4. The third-order valence-electron chi connectivity index (χ3n) is 1.47. The van der Waals surface area contributed by atoms with Crippen LogP contribution in [-0.2, 0) is 9.47 Å². The van der Waals surface area contributed by atoms with E-state index in [1.807, 2.05) is 0 Å². The summed E-state index contributed by atoms with van der Waals surface area (Å²) in [6.07, 6.45) is 1.85. The van der Waals surface area contributed by atoms with Gasteiger partial charge in [-0.2, -0.15) is 0 Å². The molecule has 0 aromatic heterocycles. The SMILES string of the molecule is C=NCCCOCCOCCCN. The first-order chi connectivity index (χ1) is 6.41. The van der Waals surface area contributed by atoms with Crippen LogP contribution in [0, 0.1) is 0 Å². The molecule has 0 aromatic carbocycles. The van der Waals surface area contributed by atoms with E-state index in [2.05, 4.69) is 11.7 Å². The molecule has 0 aliphatic heterocycles. The molecule has 0 rings (SSSR count). The highest BCUT2D eigenvalue weighted by atomic mass is 16.5. The van der Waals surface area contributed by atoms with Crippen LogP contribution in [0.5, 0.6) is 0 Å². The van der Waals surface area contributed by atoms with Gasteiger partial charge in [0.05, 0.1) is 13.2 Å². The molecule has 0 atom stereocenters. The van der Waals surface area contributed by atoms with Gasteiger partial charge >= 0.3 is 0 Å². The fraction of sp³-hybridized carbons (Fsp3) is 0.889. The van der Waals surface area contributed by atoms with Crippen molar-refractivity contribution in [3.63, 3.8) is 0 Å². The quantitative estimate of drug-likeness (QED) is 0.400. The van der Waals surface area contributed by atoms with Crippen LogP contribution in [0.1, 0.15) is 12.8 Å². The smallest absolute Gasteiger partial charge is 0.0700 e. The molecule has 2 N–H and O–H groups in total. The van der Waals surface area contributed by atoms with E-state index < -0.39 is 0 Å². The van der Waals surface area contributed by atoms with Gasteiger partial charge in [-0.25, -0.2) is 0 Å². The Hall–Kier alpha value is -0.450. The van der Waals surface area contributed by atoms with Gasteiger partial charge in [0.15, 0.2) is 0 Å². The van der Waals surface area contributed by atoms with E-state index in [9.17, 15) is 0 Å². The molecule has 4 heteroatoms. The lowest BCUT2D eigenvalue weighted by Gasteiger charge is -2.04. The van der Waals surface area contributed by atoms with Gasteiger partial charge in [-0.15, -0.1) is 0 Å². The predicted octanol–water partition coefficient (Wildman–Crippen LogP) is 0.459. The number of ether oxygens (including phenoxy) is 2. The molecule has 0 radical (unpaired) electrons. The molecular formula is C9H20N2O2. The summed E-state index contributed by atoms with van der Waals surface area (Å²) in [6, 6.07) is 0. The average Bonchev–Trinajstić information content (AvgIpc) is 2.16. The molecule has 0 fully saturated rings. The number of hydrogen-bond donors (Lipinski definition) is 1. The van der Waals surface area contributed by atoms with Gasteiger partial charge in [-0.3, -0.25) is 0 Å². The maximum Gasteiger partial charge on any atom is 0.0700 e. The van der Waals surface area contributed by atoms with Gasteiger partial charge in [0.1, 0.15) is 0 Å². The van der Waals surface area contributed by atoms with Gasteiger partial charge in [-0.1, -0.05) is 0 Å². The second-order valence-electron chi connectivity index (χ2n) is 2.67. The van der Waals surface area contributed by atoms with Crippen molar-refractivity contribution in [1.29, 1.82) is 0 Å². The Labute approximate surface area is 80.1 Å². The van der Waals surface area contributed by atoms with E-state index in [1.165, 1.54) is 0 Å². The van der Waals surface area contributed by atoms with Crippen molar-refractivity contribution in [3.8, 4) is 0 Å². The first kappa shape index (κ1) is 12.6. The highest BCUT2D eigenvalue weighted by molar-refractivity contribution is 5.22. The third-order valence-corrected chi connectivity index (χ3v) is 1.47. The van der Waals surface area contributed by atoms with Crippen molar-refractivity contribution >= 4 is 6.72 Å². The molecule has 0 saturated heterocycles. The minimum Gasteiger partial charge on any atom is -0.379 e. The van der Waals surface area contributed by atoms with Crippen LogP contribution in [0.4, 0.5) is 0 Å². The highest BCUT2D eigenvalue weighted by Gasteiger charge is 1.89. The molecule has 0 unspecified atom stereocenters. The van der Waals surface area contributed by atoms with E-state index in [0.717, 1.165) is 32.6 Å². The van der Waals surface area contributed by atoms with E-state index in [1.54, 1.807) is 0 Å². The van der Waals surface area contributed by atoms with E-state index >= 15 is 0 Å². The fourth-order valence-corrected chi connectivity index (χ4v) is 0.786. The Morgan fingerprint density at radius 2 is 1.62 bits per heavy atom. The largest absolute Gasteiger partial charge is 0.379 e. The van der Waals surface area contributed by atoms with E-state index in [4.69, 9.17) is 15.2 Å². The zero-order valence-corrected chi connectivity index (χ0v) is 8.21. The third kappa shape index (κ3) is 11.5. The van der Waals surface area contributed by atoms with Crippen molar-refractivity contribution in [2.24, 2.45) is 10.7 Å². The van der Waals surface area contributed by atoms with Gasteiger partial charge < -0.3 is 20.2 Å². The topological polar surface area (TPSA) is 56.8 Å². The molecule has 78 valence electrons. The second kappa shape index (κ2) is 11.6. The fourth-order valence-electron chi connectivity index (χ4n) is 0.786. The molecule has 0 aliphatic carbocycles. The first-order valence-corrected chi connectivity index (χ1v) is 4.70. The molecule has 0 bridgehead atoms. The Kier molecular flexibility index (Phi) is 11.2. The summed E-state index contributed by atoms with van der Waals surface area (Å²) in [5.74, 6) is 0. The standard InChI is InChI=1S/C9H20N2O2/c1-11-5-3-7-13-9-8-12-6-2-4-10/h1-10H2. The first-order valence-electron chi connectivity index (χ1n) is 4.70. The zero-order valence-electron chi connectivity index (χ0n) is 8.21. The van der Waals surface area contributed by atoms with Crippen LogP contribution < -0.4 is 5.73 Å². The van der Waals surface area contributed by atoms with Crippen LogP contribution in [0.25, 0.3) is 0 Å². The molecular weight excluding hydrogens is 168 g/mol. The Morgan fingerprint density at radius 1 is 1.00 bits per heavy atom. The van der Waals surface area contributed by atoms with Gasteiger partial charge in [0.25, 0.3) is 0 Å². The maximum absolute atomic E-state index is 5.30. The predicted molar refractivity (Wildman–Crippen MR) is 54.3 cm³/mol. The lowest BCUT2D eigenvalue weighted by Crippen LogP contribution is -2.09. The number of rotatable bonds is 10. The monoisotopic (exact) mass is 188 g/mol. The molecule has 0 aliphatic rings. The second-order valence-corrected chi connectivity index (χ2v) is 2.67. The van der Waals surface area contributed by atoms with E-state index in [0.29, 0.717) is 19.8 Å². The van der Waals surface area contributed by atoms with Crippen molar-refractivity contribution in [2.75, 3.05) is 39.5 Å². The van der Waals surface area contributed by atoms with Crippen LogP contribution in [0.3, 0.4) is 0 Å². The molecule has 0 spiro atoms. The van der Waals surface area contributed by atoms with Crippen molar-refractivity contribution in [2.45, 2.75) is 12.8 Å². The maximum atomic E-state index is 5.30. The summed E-state index contributed by atoms with van der Waals surface area (Å²) in [5.41, 5.74) is 5.30. The number of hydrogen-bond acceptors (Lipinski definition) is 4. The summed E-state index contributed by atoms with van der Waals surface area (Å²) in [5, 5.41) is 0. The minimum absolute atomic E-state index is 0.654. The summed E-state index contributed by atoms with van der Waals surface area (Å²) in [7, 11) is 0. The van der Waals surface area contributed by atoms with Gasteiger partial charge in [0.2, 0.25) is 0 Å². The number of nitrogens with two attached hydrogens (primary N) is 1. The Balaban J connectivity index is 2.79. The van der Waals surface area contributed by atoms with Gasteiger partial charge in [-0.05, 0) is 26.1 Å². The van der Waals surface area contributed by atoms with Crippen molar-refractivity contribution < 1.29 is 9.47 Å². The van der Waals surface area contributed by atoms with Gasteiger partial charge in [0, 0.05) is 19.8 Å². The highest BCUT2D eigenvalue weighted by Crippen LogP contribution is 1.85. The summed E-state index contributed by atoms with van der Waals surface area (Å²) in [6.45, 7) is 7.62. The minimum atomic E-state index is 0.654. The lowest BCUT2D eigenvalue weighted by molar-refractivity contribution is 0.0472. The number of aliphatic imine (C=N–C) groups is 1. The Morgan fingerprint density at radius 3 is 2.15 bits per heavy atom. The summed E-state index contributed by atoms with van der Waals surface area (Å²) < 4.78 is 10.5. The van der Waals surface area contributed by atoms with Crippen LogP contribution in [-0.4, -0.2) is 46.2 Å². The molecule has 0 aromatic rings. The van der Waals surface area contributed by atoms with E-state index in [-0.39, 0.29) is 0 Å². The average molecular weight is 188 g/mol. The van der Waals surface area contributed by atoms with Crippen LogP contribution in [0.2, 0.25) is 0 Å². The van der Waals surface area contributed by atoms with Crippen molar-refractivity contribution in [1.82, 2.24) is 0 Å². The van der Waals surface area contributed by atoms with Crippen molar-refractivity contribution in [3.05, 3.63) is 0 Å². The molecule has 0 amide bonds. The molecule has 0 heterocycles. The molecule has 0 saturated carbocycles.